The van der Waals surface area contributed by atoms with Gasteiger partial charge in [0.05, 0.1) is 18.2 Å². The Morgan fingerprint density at radius 3 is 2.54 bits per heavy atom. The van der Waals surface area contributed by atoms with Gasteiger partial charge in [0.2, 0.25) is 6.29 Å². The van der Waals surface area contributed by atoms with E-state index in [1.54, 1.807) is 13.8 Å². The van der Waals surface area contributed by atoms with Crippen LogP contribution in [0.4, 0.5) is 9.93 Å². The number of carbonyl (C=O) groups is 5. The van der Waals surface area contributed by atoms with Crippen molar-refractivity contribution in [2.45, 2.75) is 77.9 Å². The van der Waals surface area contributed by atoms with Gasteiger partial charge in [-0.3, -0.25) is 14.5 Å². The van der Waals surface area contributed by atoms with Crippen LogP contribution in [0.1, 0.15) is 59.1 Å². The summed E-state index contributed by atoms with van der Waals surface area (Å²) >= 11 is 1.09. The van der Waals surface area contributed by atoms with Gasteiger partial charge in [-0.15, -0.1) is 11.3 Å². The molecular weight excluding hydrogens is 562 g/mol. The lowest BCUT2D eigenvalue weighted by Gasteiger charge is -2.50. The monoisotopic (exact) mass is 595 g/mol. The largest absolute Gasteiger partial charge is 0.511 e. The quantitative estimate of drug-likeness (QED) is 0.0885. The molecule has 16 heteroatoms. The van der Waals surface area contributed by atoms with Crippen LogP contribution in [-0.4, -0.2) is 83.7 Å². The van der Waals surface area contributed by atoms with Crippen molar-refractivity contribution in [2.75, 3.05) is 19.5 Å². The van der Waals surface area contributed by atoms with Gasteiger partial charge in [0.1, 0.15) is 30.6 Å². The van der Waals surface area contributed by atoms with Gasteiger partial charge in [0, 0.05) is 12.3 Å². The summed E-state index contributed by atoms with van der Waals surface area (Å²) < 4.78 is 20.4. The summed E-state index contributed by atoms with van der Waals surface area (Å²) in [6.07, 6.45) is -1.15. The number of hydrogen-bond acceptors (Lipinski definition) is 14. The van der Waals surface area contributed by atoms with Crippen molar-refractivity contribution in [1.29, 1.82) is 0 Å². The zero-order valence-corrected chi connectivity index (χ0v) is 24.1. The molecule has 3 rings (SSSR count). The van der Waals surface area contributed by atoms with Crippen molar-refractivity contribution in [3.63, 3.8) is 0 Å². The molecule has 41 heavy (non-hydrogen) atoms. The second-order valence-electron chi connectivity index (χ2n) is 9.06. The minimum Gasteiger partial charge on any atom is -0.463 e. The number of nitrogen functional groups attached to an aromatic ring is 1. The van der Waals surface area contributed by atoms with Crippen LogP contribution in [0.25, 0.3) is 0 Å². The number of hydrogen-bond donors (Lipinski definition) is 2. The average Bonchev–Trinajstić information content (AvgIpc) is 3.34. The van der Waals surface area contributed by atoms with Crippen LogP contribution in [-0.2, 0) is 43.0 Å². The molecule has 0 saturated carbocycles. The molecule has 15 nitrogen and oxygen atoms in total. The van der Waals surface area contributed by atoms with E-state index in [4.69, 9.17) is 29.5 Å². The Morgan fingerprint density at radius 1 is 1.20 bits per heavy atom. The molecule has 2 amide bonds. The van der Waals surface area contributed by atoms with E-state index in [0.717, 1.165) is 22.7 Å². The third kappa shape index (κ3) is 7.31. The smallest absolute Gasteiger partial charge is 0.463 e. The topological polar surface area (TPSA) is 198 Å². The predicted octanol–water partition coefficient (Wildman–Crippen LogP) is 1.61. The molecule has 4 atom stereocenters. The first-order valence-electron chi connectivity index (χ1n) is 13.0. The molecule has 0 aromatic carbocycles. The van der Waals surface area contributed by atoms with E-state index in [9.17, 15) is 24.0 Å². The minimum atomic E-state index is -1.40. The van der Waals surface area contributed by atoms with Crippen LogP contribution in [0.2, 0.25) is 0 Å². The van der Waals surface area contributed by atoms with Crippen molar-refractivity contribution in [1.82, 2.24) is 15.2 Å². The Balaban J connectivity index is 1.77. The number of ether oxygens (including phenoxy) is 4. The number of nitrogens with zero attached hydrogens (tertiary/aromatic N) is 3. The summed E-state index contributed by atoms with van der Waals surface area (Å²) in [5, 5.41) is 8.00. The highest BCUT2D eigenvalue weighted by Crippen LogP contribution is 2.38. The maximum Gasteiger partial charge on any atom is 0.511 e. The molecule has 1 aromatic heterocycles. The fourth-order valence-corrected chi connectivity index (χ4v) is 4.94. The highest BCUT2D eigenvalue weighted by atomic mass is 32.1. The van der Waals surface area contributed by atoms with Crippen LogP contribution in [0, 0.1) is 0 Å². The maximum absolute atomic E-state index is 13.2. The molecule has 3 heterocycles. The first-order valence-corrected chi connectivity index (χ1v) is 13.8. The maximum atomic E-state index is 13.2. The van der Waals surface area contributed by atoms with E-state index in [1.807, 2.05) is 6.92 Å². The summed E-state index contributed by atoms with van der Waals surface area (Å²) in [7, 11) is 1.25. The van der Waals surface area contributed by atoms with Gasteiger partial charge in [0.15, 0.2) is 10.8 Å². The number of esters is 2. The highest BCUT2D eigenvalue weighted by Gasteiger charge is 2.55. The molecule has 0 radical (unpaired) electrons. The Kier molecular flexibility index (Phi) is 10.6. The van der Waals surface area contributed by atoms with Gasteiger partial charge < -0.3 is 34.8 Å². The molecule has 0 aliphatic carbocycles. The number of carbonyl (C=O) groups excluding carboxylic acids is 5. The van der Waals surface area contributed by atoms with Crippen LogP contribution >= 0.6 is 11.3 Å². The van der Waals surface area contributed by atoms with Gasteiger partial charge in [-0.05, 0) is 33.1 Å². The summed E-state index contributed by atoms with van der Waals surface area (Å²) in [5.74, 6) is -3.31. The van der Waals surface area contributed by atoms with Gasteiger partial charge >= 0.3 is 18.1 Å². The molecule has 2 aliphatic rings. The zero-order valence-electron chi connectivity index (χ0n) is 23.3. The molecular formula is C25H33N5O10S. The van der Waals surface area contributed by atoms with E-state index in [0.29, 0.717) is 6.42 Å². The summed E-state index contributed by atoms with van der Waals surface area (Å²) in [4.78, 5) is 74.0. The standard InChI is InChI=1S/C25H33N5O10S/c1-6-8-12(3)38-25(35)40-13(4)39-23(34)19-14(22(33)37-7-2)9-10-16-18(21(32)30(16)19)28-20(31)17(29-36-5)15-11-41-24(26)27-15/h11-13,16,18H,6-10H2,1-5H3,(H2,26,27)(H,28,31)/b29-17-/t12?,13?,16?,18-/m0/s1. The second kappa shape index (κ2) is 13.9. The first kappa shape index (κ1) is 31.3. The van der Waals surface area contributed by atoms with Crippen LogP contribution in [0.15, 0.2) is 21.8 Å². The molecule has 3 N–H and O–H groups in total. The van der Waals surface area contributed by atoms with Crippen molar-refractivity contribution in [3.8, 4) is 0 Å². The predicted molar refractivity (Wildman–Crippen MR) is 143 cm³/mol. The van der Waals surface area contributed by atoms with E-state index in [-0.39, 0.29) is 47.3 Å². The van der Waals surface area contributed by atoms with E-state index >= 15 is 0 Å². The number of thiazole rings is 1. The average molecular weight is 596 g/mol. The Labute approximate surface area is 239 Å². The lowest BCUT2D eigenvalue weighted by Crippen LogP contribution is -2.72. The van der Waals surface area contributed by atoms with Gasteiger partial charge in [-0.1, -0.05) is 18.5 Å². The van der Waals surface area contributed by atoms with Gasteiger partial charge in [0.25, 0.3) is 11.8 Å². The number of aromatic nitrogens is 1. The first-order chi connectivity index (χ1) is 19.5. The number of rotatable bonds is 12. The van der Waals surface area contributed by atoms with Crippen LogP contribution in [0.5, 0.6) is 0 Å². The molecule has 0 bridgehead atoms. The van der Waals surface area contributed by atoms with E-state index < -0.39 is 54.4 Å². The van der Waals surface area contributed by atoms with Gasteiger partial charge in [-0.2, -0.15) is 0 Å². The lowest BCUT2D eigenvalue weighted by molar-refractivity contribution is -0.172. The minimum absolute atomic E-state index is 0.0325. The molecule has 1 saturated heterocycles. The SMILES string of the molecule is CCCC(C)OC(=O)OC(C)OC(=O)C1=C(C(=O)OCC)CCC2[C@H](NC(=O)/C(=N\OC)c3csc(N)n3)C(=O)N12. The highest BCUT2D eigenvalue weighted by molar-refractivity contribution is 7.13. The van der Waals surface area contributed by atoms with Crippen molar-refractivity contribution >= 4 is 52.1 Å². The summed E-state index contributed by atoms with van der Waals surface area (Å²) in [6.45, 7) is 6.54. The van der Waals surface area contributed by atoms with Crippen LogP contribution in [0.3, 0.4) is 0 Å². The number of amides is 2. The molecule has 3 unspecified atom stereocenters. The molecule has 2 aliphatic heterocycles. The normalized spacial score (nSPS) is 19.8. The zero-order chi connectivity index (χ0) is 30.3. The molecule has 1 aromatic rings. The lowest BCUT2D eigenvalue weighted by atomic mass is 9.83. The summed E-state index contributed by atoms with van der Waals surface area (Å²) in [5.41, 5.74) is 5.19. The van der Waals surface area contributed by atoms with Crippen LogP contribution < -0.4 is 11.1 Å². The second-order valence-corrected chi connectivity index (χ2v) is 9.95. The number of nitrogens with two attached hydrogens (primary N) is 1. The number of β-lactam (4-membered cyclic amide) rings is 1. The number of nitrogens with one attached hydrogen (secondary N) is 1. The number of oxime groups is 1. The van der Waals surface area contributed by atoms with Crippen molar-refractivity contribution in [2.24, 2.45) is 5.16 Å². The third-order valence-electron chi connectivity index (χ3n) is 6.13. The molecule has 0 spiro atoms. The fourth-order valence-electron chi connectivity index (χ4n) is 4.39. The molecule has 224 valence electrons. The fraction of sp³-hybridized carbons (Fsp3) is 0.560. The van der Waals surface area contributed by atoms with Crippen molar-refractivity contribution in [3.05, 3.63) is 22.3 Å². The Morgan fingerprint density at radius 2 is 1.93 bits per heavy atom. The van der Waals surface area contributed by atoms with Crippen molar-refractivity contribution < 1.29 is 47.8 Å². The summed E-state index contributed by atoms with van der Waals surface area (Å²) in [6, 6.07) is -1.73. The van der Waals surface area contributed by atoms with E-state index in [1.165, 1.54) is 19.4 Å². The number of anilines is 1. The Bertz CT molecular complexity index is 1240. The van der Waals surface area contributed by atoms with E-state index in [2.05, 4.69) is 15.5 Å². The van der Waals surface area contributed by atoms with Gasteiger partial charge in [-0.25, -0.2) is 19.4 Å². The number of fused-ring (bicyclic) bond motifs is 1. The third-order valence-corrected chi connectivity index (χ3v) is 6.80. The Hall–Kier alpha value is -4.21. The molecule has 1 fully saturated rings.